The summed E-state index contributed by atoms with van der Waals surface area (Å²) < 4.78 is 0. The molecule has 0 saturated carbocycles. The van der Waals surface area contributed by atoms with Crippen molar-refractivity contribution in [2.45, 2.75) is 0 Å². The van der Waals surface area contributed by atoms with Crippen molar-refractivity contribution in [1.82, 2.24) is 9.97 Å². The highest BCUT2D eigenvalue weighted by Crippen LogP contribution is 2.31. The van der Waals surface area contributed by atoms with Crippen molar-refractivity contribution >= 4 is 35.7 Å². The Morgan fingerprint density at radius 3 is 1.54 bits per heavy atom. The number of hydrogen-bond donors (Lipinski definition) is 0. The molecule has 0 bridgehead atoms. The van der Waals surface area contributed by atoms with Crippen LogP contribution in [0.2, 0.25) is 0 Å². The summed E-state index contributed by atoms with van der Waals surface area (Å²) in [5, 5.41) is 22.8. The number of rotatable bonds is 6. The molecule has 0 fully saturated rings. The molecule has 0 spiro atoms. The second-order valence-electron chi connectivity index (χ2n) is 5.72. The van der Waals surface area contributed by atoms with Crippen molar-refractivity contribution in [2.75, 3.05) is 0 Å². The number of hydrogen-bond acceptors (Lipinski definition) is 6. The molecule has 0 aliphatic carbocycles. The Morgan fingerprint density at radius 2 is 1.18 bits per heavy atom. The summed E-state index contributed by atoms with van der Waals surface area (Å²) in [7, 11) is 0. The minimum absolute atomic E-state index is 0.255. The van der Waals surface area contributed by atoms with Crippen LogP contribution in [-0.2, 0) is 0 Å². The van der Waals surface area contributed by atoms with Gasteiger partial charge in [0.15, 0.2) is 0 Å². The maximum Gasteiger partial charge on any atom is 0.283 e. The Morgan fingerprint density at radius 1 is 0.714 bits per heavy atom. The Balaban J connectivity index is 2.07. The first-order valence-electron chi connectivity index (χ1n) is 8.17. The smallest absolute Gasteiger partial charge is 0.264 e. The summed E-state index contributed by atoms with van der Waals surface area (Å²) in [6.45, 7) is 0. The predicted molar refractivity (Wildman–Crippen MR) is 106 cm³/mol. The summed E-state index contributed by atoms with van der Waals surface area (Å²) in [6, 6.07) is 9.48. The zero-order valence-corrected chi connectivity index (χ0v) is 14.5. The van der Waals surface area contributed by atoms with E-state index in [0.29, 0.717) is 0 Å². The van der Waals surface area contributed by atoms with Gasteiger partial charge in [0.2, 0.25) is 0 Å². The molecular weight excluding hydrogens is 360 g/mol. The van der Waals surface area contributed by atoms with Crippen molar-refractivity contribution in [1.29, 1.82) is 0 Å². The maximum atomic E-state index is 11.4. The van der Waals surface area contributed by atoms with E-state index in [2.05, 4.69) is 9.97 Å². The molecule has 138 valence electrons. The largest absolute Gasteiger partial charge is 0.283 e. The highest BCUT2D eigenvalue weighted by Gasteiger charge is 2.22. The van der Waals surface area contributed by atoms with E-state index in [0.717, 1.165) is 17.2 Å². The van der Waals surface area contributed by atoms with Gasteiger partial charge in [-0.15, -0.1) is 0 Å². The van der Waals surface area contributed by atoms with Crippen LogP contribution in [0.3, 0.4) is 0 Å². The molecule has 0 atom stereocenters. The Kier molecular flexibility index (Phi) is 5.61. The van der Waals surface area contributed by atoms with E-state index in [4.69, 9.17) is 0 Å². The van der Waals surface area contributed by atoms with Gasteiger partial charge in [-0.25, -0.2) is 0 Å². The average Bonchev–Trinajstić information content (AvgIpc) is 2.71. The van der Waals surface area contributed by atoms with Crippen LogP contribution < -0.4 is 0 Å². The minimum atomic E-state index is -0.634. The van der Waals surface area contributed by atoms with Gasteiger partial charge in [-0.1, -0.05) is 24.3 Å². The molecule has 0 aliphatic rings. The van der Waals surface area contributed by atoms with Crippen LogP contribution in [0.15, 0.2) is 61.2 Å². The van der Waals surface area contributed by atoms with Gasteiger partial charge in [0, 0.05) is 24.8 Å². The molecule has 0 radical (unpaired) electrons. The second-order valence-corrected chi connectivity index (χ2v) is 5.72. The first kappa shape index (κ1) is 18.6. The van der Waals surface area contributed by atoms with Gasteiger partial charge in [0.05, 0.1) is 27.0 Å². The molecule has 8 heteroatoms. The van der Waals surface area contributed by atoms with Gasteiger partial charge in [-0.3, -0.25) is 30.2 Å². The molecule has 0 saturated heterocycles. The van der Waals surface area contributed by atoms with E-state index >= 15 is 0 Å². The SMILES string of the molecule is O=[N+]([O-])c1cc([N+](=O)[O-])c(/C=C/c2cccnc2)cc1/C=C/c1cccnc1. The van der Waals surface area contributed by atoms with Crippen LogP contribution >= 0.6 is 0 Å². The summed E-state index contributed by atoms with van der Waals surface area (Å²) in [5.41, 5.74) is 1.33. The molecule has 2 heterocycles. The molecule has 0 N–H and O–H groups in total. The summed E-state index contributed by atoms with van der Waals surface area (Å²) in [6.07, 6.45) is 12.9. The van der Waals surface area contributed by atoms with E-state index < -0.39 is 9.85 Å². The van der Waals surface area contributed by atoms with Crippen LogP contribution in [0.4, 0.5) is 11.4 Å². The quantitative estimate of drug-likeness (QED) is 0.459. The standard InChI is InChI=1S/C20H14N4O4/c25-23(26)19-12-20(24(27)28)18(8-6-16-4-2-10-22-14-16)11-17(19)7-5-15-3-1-9-21-13-15/h1-14H/b7-5+,8-6+. The van der Waals surface area contributed by atoms with Crippen molar-refractivity contribution in [3.8, 4) is 0 Å². The third-order valence-electron chi connectivity index (χ3n) is 3.85. The Bertz CT molecular complexity index is 982. The summed E-state index contributed by atoms with van der Waals surface area (Å²) >= 11 is 0. The van der Waals surface area contributed by atoms with Crippen molar-refractivity contribution in [2.24, 2.45) is 0 Å². The zero-order chi connectivity index (χ0) is 19.9. The van der Waals surface area contributed by atoms with Gasteiger partial charge in [0.1, 0.15) is 0 Å². The number of nitro groups is 2. The first-order valence-corrected chi connectivity index (χ1v) is 8.17. The molecule has 3 aromatic rings. The van der Waals surface area contributed by atoms with Crippen LogP contribution in [0.5, 0.6) is 0 Å². The van der Waals surface area contributed by atoms with Gasteiger partial charge < -0.3 is 0 Å². The number of nitrogens with zero attached hydrogens (tertiary/aromatic N) is 4. The summed E-state index contributed by atoms with van der Waals surface area (Å²) in [4.78, 5) is 29.5. The van der Waals surface area contributed by atoms with Crippen molar-refractivity contribution in [3.63, 3.8) is 0 Å². The van der Waals surface area contributed by atoms with E-state index in [1.54, 1.807) is 73.4 Å². The topological polar surface area (TPSA) is 112 Å². The van der Waals surface area contributed by atoms with Gasteiger partial charge >= 0.3 is 0 Å². The fraction of sp³-hybridized carbons (Fsp3) is 0. The van der Waals surface area contributed by atoms with E-state index in [1.165, 1.54) is 6.07 Å². The van der Waals surface area contributed by atoms with E-state index in [9.17, 15) is 20.2 Å². The molecule has 2 aromatic heterocycles. The van der Waals surface area contributed by atoms with E-state index in [-0.39, 0.29) is 22.5 Å². The maximum absolute atomic E-state index is 11.4. The Labute approximate surface area is 159 Å². The van der Waals surface area contributed by atoms with Crippen LogP contribution in [0, 0.1) is 20.2 Å². The molecule has 28 heavy (non-hydrogen) atoms. The van der Waals surface area contributed by atoms with Gasteiger partial charge in [-0.05, 0) is 41.5 Å². The molecule has 3 rings (SSSR count). The second kappa shape index (κ2) is 8.45. The van der Waals surface area contributed by atoms with Gasteiger partial charge in [0.25, 0.3) is 11.4 Å². The number of pyridine rings is 2. The van der Waals surface area contributed by atoms with Crippen molar-refractivity contribution < 1.29 is 9.85 Å². The van der Waals surface area contributed by atoms with Crippen LogP contribution in [0.25, 0.3) is 24.3 Å². The first-order chi connectivity index (χ1) is 13.5. The third kappa shape index (κ3) is 4.50. The number of aromatic nitrogens is 2. The molecular formula is C20H14N4O4. The molecule has 1 aromatic carbocycles. The molecule has 0 amide bonds. The zero-order valence-electron chi connectivity index (χ0n) is 14.5. The molecule has 0 aliphatic heterocycles. The Hall–Kier alpha value is -4.20. The molecule has 0 unspecified atom stereocenters. The van der Waals surface area contributed by atoms with Crippen molar-refractivity contribution in [3.05, 3.63) is 104 Å². The fourth-order valence-electron chi connectivity index (χ4n) is 2.52. The highest BCUT2D eigenvalue weighted by molar-refractivity contribution is 5.81. The van der Waals surface area contributed by atoms with Crippen LogP contribution in [-0.4, -0.2) is 19.8 Å². The number of nitro benzene ring substituents is 2. The lowest BCUT2D eigenvalue weighted by Gasteiger charge is -2.03. The monoisotopic (exact) mass is 374 g/mol. The van der Waals surface area contributed by atoms with E-state index in [1.807, 2.05) is 0 Å². The lowest BCUT2D eigenvalue weighted by atomic mass is 10.0. The predicted octanol–water partition coefficient (Wildman–Crippen LogP) is 4.63. The highest BCUT2D eigenvalue weighted by atomic mass is 16.6. The summed E-state index contributed by atoms with van der Waals surface area (Å²) in [5.74, 6) is 0. The third-order valence-corrected chi connectivity index (χ3v) is 3.85. The lowest BCUT2D eigenvalue weighted by molar-refractivity contribution is -0.394. The molecule has 8 nitrogen and oxygen atoms in total. The van der Waals surface area contributed by atoms with Gasteiger partial charge in [-0.2, -0.15) is 0 Å². The van der Waals surface area contributed by atoms with Crippen LogP contribution in [0.1, 0.15) is 22.3 Å². The minimum Gasteiger partial charge on any atom is -0.264 e. The average molecular weight is 374 g/mol. The fourth-order valence-corrected chi connectivity index (χ4v) is 2.52. The normalized spacial score (nSPS) is 11.1. The lowest BCUT2D eigenvalue weighted by Crippen LogP contribution is -1.98. The number of benzene rings is 1.